The van der Waals surface area contributed by atoms with Gasteiger partial charge in [0.1, 0.15) is 0 Å². The maximum Gasteiger partial charge on any atom is 0.213 e. The molecular weight excluding hydrogens is 240 g/mol. The highest BCUT2D eigenvalue weighted by atomic mass is 16.5. The van der Waals surface area contributed by atoms with Crippen molar-refractivity contribution in [3.63, 3.8) is 0 Å². The Balaban J connectivity index is 1.49. The smallest absolute Gasteiger partial charge is 0.213 e. The van der Waals surface area contributed by atoms with Gasteiger partial charge in [0.25, 0.3) is 0 Å². The van der Waals surface area contributed by atoms with Gasteiger partial charge in [-0.05, 0) is 31.7 Å². The van der Waals surface area contributed by atoms with E-state index in [9.17, 15) is 0 Å². The summed E-state index contributed by atoms with van der Waals surface area (Å²) in [5, 5.41) is 3.40. The van der Waals surface area contributed by atoms with Crippen LogP contribution in [0.4, 0.5) is 5.69 Å². The summed E-state index contributed by atoms with van der Waals surface area (Å²) in [5.41, 5.74) is 1.25. The van der Waals surface area contributed by atoms with Crippen LogP contribution in [0.3, 0.4) is 0 Å². The van der Waals surface area contributed by atoms with Crippen molar-refractivity contribution in [1.29, 1.82) is 0 Å². The minimum absolute atomic E-state index is 0.227. The summed E-state index contributed by atoms with van der Waals surface area (Å²) in [6, 6.07) is 3.86. The molecule has 1 aromatic heterocycles. The molecule has 1 aliphatic carbocycles. The van der Waals surface area contributed by atoms with Crippen LogP contribution in [0.15, 0.2) is 18.3 Å². The van der Waals surface area contributed by atoms with Crippen molar-refractivity contribution < 1.29 is 9.47 Å². The highest BCUT2D eigenvalue weighted by Crippen LogP contribution is 2.43. The van der Waals surface area contributed by atoms with Crippen LogP contribution in [0.1, 0.15) is 38.5 Å². The molecule has 0 bridgehead atoms. The highest BCUT2D eigenvalue weighted by molar-refractivity contribution is 5.42. The van der Waals surface area contributed by atoms with Crippen LogP contribution in [0.25, 0.3) is 0 Å². The van der Waals surface area contributed by atoms with Gasteiger partial charge in [-0.15, -0.1) is 0 Å². The van der Waals surface area contributed by atoms with E-state index in [1.165, 1.54) is 38.5 Å². The van der Waals surface area contributed by atoms with Crippen LogP contribution in [-0.2, 0) is 4.74 Å². The number of hydrogen-bond donors (Lipinski definition) is 1. The fraction of sp³-hybridized carbons (Fsp3) is 0.667. The summed E-state index contributed by atoms with van der Waals surface area (Å²) >= 11 is 0. The molecule has 2 heterocycles. The number of hydrogen-bond acceptors (Lipinski definition) is 4. The molecule has 1 saturated carbocycles. The fourth-order valence-corrected chi connectivity index (χ4v) is 3.26. The standard InChI is InChI=1S/C15H22N2O2/c1-18-14-5-4-12(10-17-14)16-11-13-6-9-15(19-13)7-2-3-8-15/h4-5,10,13,16H,2-3,6-9,11H2,1H3. The van der Waals surface area contributed by atoms with Crippen LogP contribution in [-0.4, -0.2) is 30.3 Å². The van der Waals surface area contributed by atoms with Gasteiger partial charge in [-0.3, -0.25) is 0 Å². The van der Waals surface area contributed by atoms with Gasteiger partial charge in [-0.2, -0.15) is 0 Å². The summed E-state index contributed by atoms with van der Waals surface area (Å²) in [6.45, 7) is 0.871. The average molecular weight is 262 g/mol. The van der Waals surface area contributed by atoms with Gasteiger partial charge < -0.3 is 14.8 Å². The molecule has 4 nitrogen and oxygen atoms in total. The lowest BCUT2D eigenvalue weighted by Crippen LogP contribution is -2.27. The zero-order chi connectivity index (χ0) is 13.1. The Morgan fingerprint density at radius 1 is 1.37 bits per heavy atom. The lowest BCUT2D eigenvalue weighted by molar-refractivity contribution is -0.0307. The quantitative estimate of drug-likeness (QED) is 0.906. The highest BCUT2D eigenvalue weighted by Gasteiger charge is 2.41. The third-order valence-corrected chi connectivity index (χ3v) is 4.33. The summed E-state index contributed by atoms with van der Waals surface area (Å²) in [5.74, 6) is 0.646. The minimum Gasteiger partial charge on any atom is -0.481 e. The van der Waals surface area contributed by atoms with Gasteiger partial charge in [0.2, 0.25) is 5.88 Å². The average Bonchev–Trinajstić information content (AvgIpc) is 3.08. The minimum atomic E-state index is 0.227. The number of nitrogens with one attached hydrogen (secondary N) is 1. The molecule has 1 aliphatic heterocycles. The molecule has 1 unspecified atom stereocenters. The molecule has 2 fully saturated rings. The molecule has 19 heavy (non-hydrogen) atoms. The lowest BCUT2D eigenvalue weighted by atomic mass is 9.98. The number of rotatable bonds is 4. The Morgan fingerprint density at radius 2 is 2.21 bits per heavy atom. The van der Waals surface area contributed by atoms with Crippen LogP contribution in [0.5, 0.6) is 5.88 Å². The first-order chi connectivity index (χ1) is 9.30. The van der Waals surface area contributed by atoms with Gasteiger partial charge in [0, 0.05) is 12.6 Å². The number of ether oxygens (including phenoxy) is 2. The largest absolute Gasteiger partial charge is 0.481 e. The molecule has 1 atom stereocenters. The van der Waals surface area contributed by atoms with Crippen molar-refractivity contribution in [3.05, 3.63) is 18.3 Å². The predicted molar refractivity (Wildman–Crippen MR) is 74.6 cm³/mol. The molecule has 0 aromatic carbocycles. The summed E-state index contributed by atoms with van der Waals surface area (Å²) in [4.78, 5) is 4.19. The molecule has 4 heteroatoms. The molecule has 2 aliphatic rings. The van der Waals surface area contributed by atoms with E-state index in [2.05, 4.69) is 10.3 Å². The van der Waals surface area contributed by atoms with Gasteiger partial charge >= 0.3 is 0 Å². The van der Waals surface area contributed by atoms with Crippen LogP contribution in [0, 0.1) is 0 Å². The normalized spacial score (nSPS) is 24.8. The van der Waals surface area contributed by atoms with Gasteiger partial charge in [-0.25, -0.2) is 4.98 Å². The molecule has 3 rings (SSSR count). The van der Waals surface area contributed by atoms with Crippen molar-refractivity contribution >= 4 is 5.69 Å². The second-order valence-electron chi connectivity index (χ2n) is 5.64. The zero-order valence-corrected chi connectivity index (χ0v) is 11.5. The van der Waals surface area contributed by atoms with Crippen molar-refractivity contribution in [2.45, 2.75) is 50.2 Å². The molecular formula is C15H22N2O2. The van der Waals surface area contributed by atoms with E-state index in [0.717, 1.165) is 12.2 Å². The second kappa shape index (κ2) is 5.37. The Hall–Kier alpha value is -1.29. The molecule has 1 aromatic rings. The molecule has 1 spiro atoms. The van der Waals surface area contributed by atoms with Gasteiger partial charge in [0.15, 0.2) is 0 Å². The van der Waals surface area contributed by atoms with Crippen LogP contribution >= 0.6 is 0 Å². The van der Waals surface area contributed by atoms with Crippen molar-refractivity contribution in [2.75, 3.05) is 19.0 Å². The lowest BCUT2D eigenvalue weighted by Gasteiger charge is -2.24. The molecule has 104 valence electrons. The summed E-state index contributed by atoms with van der Waals surface area (Å²) < 4.78 is 11.3. The SMILES string of the molecule is COc1ccc(NCC2CCC3(CCCC3)O2)cn1. The predicted octanol–water partition coefficient (Wildman–Crippen LogP) is 2.99. The zero-order valence-electron chi connectivity index (χ0n) is 11.5. The first-order valence-corrected chi connectivity index (χ1v) is 7.21. The summed E-state index contributed by atoms with van der Waals surface area (Å²) in [7, 11) is 1.63. The van der Waals surface area contributed by atoms with Crippen molar-refractivity contribution in [2.24, 2.45) is 0 Å². The van der Waals surface area contributed by atoms with E-state index in [1.54, 1.807) is 13.3 Å². The molecule has 0 amide bonds. The Bertz CT molecular complexity index is 413. The maximum absolute atomic E-state index is 6.27. The molecule has 1 N–H and O–H groups in total. The monoisotopic (exact) mass is 262 g/mol. The first-order valence-electron chi connectivity index (χ1n) is 7.21. The number of anilines is 1. The van der Waals surface area contributed by atoms with E-state index in [4.69, 9.17) is 9.47 Å². The number of nitrogens with zero attached hydrogens (tertiary/aromatic N) is 1. The fourth-order valence-electron chi connectivity index (χ4n) is 3.26. The van der Waals surface area contributed by atoms with E-state index in [0.29, 0.717) is 12.0 Å². The molecule has 1 saturated heterocycles. The number of pyridine rings is 1. The van der Waals surface area contributed by atoms with E-state index >= 15 is 0 Å². The van der Waals surface area contributed by atoms with Crippen LogP contribution < -0.4 is 10.1 Å². The van der Waals surface area contributed by atoms with Crippen LogP contribution in [0.2, 0.25) is 0 Å². The third-order valence-electron chi connectivity index (χ3n) is 4.33. The van der Waals surface area contributed by atoms with E-state index < -0.39 is 0 Å². The maximum atomic E-state index is 6.27. The Kier molecular flexibility index (Phi) is 3.60. The Morgan fingerprint density at radius 3 is 2.89 bits per heavy atom. The third kappa shape index (κ3) is 2.84. The number of aromatic nitrogens is 1. The van der Waals surface area contributed by atoms with Gasteiger partial charge in [-0.1, -0.05) is 12.8 Å². The van der Waals surface area contributed by atoms with E-state index in [-0.39, 0.29) is 5.60 Å². The van der Waals surface area contributed by atoms with Crippen molar-refractivity contribution in [1.82, 2.24) is 4.98 Å². The van der Waals surface area contributed by atoms with Gasteiger partial charge in [0.05, 0.1) is 30.7 Å². The molecule has 0 radical (unpaired) electrons. The number of methoxy groups -OCH3 is 1. The first kappa shape index (κ1) is 12.7. The Labute approximate surface area is 114 Å². The summed E-state index contributed by atoms with van der Waals surface area (Å²) in [6.07, 6.45) is 9.75. The van der Waals surface area contributed by atoms with Crippen molar-refractivity contribution in [3.8, 4) is 5.88 Å². The second-order valence-corrected chi connectivity index (χ2v) is 5.64. The van der Waals surface area contributed by atoms with E-state index in [1.807, 2.05) is 12.1 Å². The topological polar surface area (TPSA) is 43.4 Å².